The third kappa shape index (κ3) is 54.9. The molecule has 0 aliphatic heterocycles. The van der Waals surface area contributed by atoms with Gasteiger partial charge in [-0.3, -0.25) is 9.59 Å². The normalized spacial score (nSPS) is 12.1. The SMILES string of the molecule is CCCCCCCCCCCCCCCCCCCCCCCCCCCCCCCCCCCC/C=C/CCC(CC(=O)OCCCCCCCC)C(=O)N(CCCCCCCC)CCCCCCCC. The molecule has 0 aliphatic carbocycles. The van der Waals surface area contributed by atoms with Crippen LogP contribution in [0.2, 0.25) is 0 Å². The maximum atomic E-state index is 14.2. The second-order valence-corrected chi connectivity index (χ2v) is 23.3. The molecule has 0 N–H and O–H groups in total. The van der Waals surface area contributed by atoms with E-state index in [-0.39, 0.29) is 24.2 Å². The minimum Gasteiger partial charge on any atom is -0.466 e. The van der Waals surface area contributed by atoms with E-state index in [0.717, 1.165) is 58.0 Å². The Bertz CT molecular complexity index is 1060. The van der Waals surface area contributed by atoms with Gasteiger partial charge in [0.15, 0.2) is 0 Å². The van der Waals surface area contributed by atoms with E-state index in [0.29, 0.717) is 6.61 Å². The molecule has 1 atom stereocenters. The van der Waals surface area contributed by atoms with Gasteiger partial charge >= 0.3 is 5.97 Å². The van der Waals surface area contributed by atoms with Crippen molar-refractivity contribution in [3.05, 3.63) is 12.2 Å². The first-order chi connectivity index (χ1) is 35.6. The fourth-order valence-corrected chi connectivity index (χ4v) is 10.9. The van der Waals surface area contributed by atoms with E-state index < -0.39 is 0 Å². The van der Waals surface area contributed by atoms with Crippen molar-refractivity contribution in [3.63, 3.8) is 0 Å². The zero-order valence-corrected chi connectivity index (χ0v) is 50.1. The van der Waals surface area contributed by atoms with E-state index in [4.69, 9.17) is 4.74 Å². The number of hydrogen-bond donors (Lipinski definition) is 0. The molecule has 0 saturated heterocycles. The Balaban J connectivity index is 4.07. The number of hydrogen-bond acceptors (Lipinski definition) is 3. The zero-order valence-electron chi connectivity index (χ0n) is 50.1. The summed E-state index contributed by atoms with van der Waals surface area (Å²) in [7, 11) is 0. The molecule has 0 heterocycles. The minimum atomic E-state index is -0.278. The average Bonchev–Trinajstić information content (AvgIpc) is 3.38. The predicted octanol–water partition coefficient (Wildman–Crippen LogP) is 23.5. The molecule has 0 aliphatic rings. The number of unbranched alkanes of at least 4 members (excludes halogenated alkanes) is 49. The van der Waals surface area contributed by atoms with Crippen molar-refractivity contribution in [2.24, 2.45) is 5.92 Å². The molecule has 72 heavy (non-hydrogen) atoms. The van der Waals surface area contributed by atoms with Gasteiger partial charge in [-0.05, 0) is 44.9 Å². The Labute approximate surface area is 454 Å². The van der Waals surface area contributed by atoms with Gasteiger partial charge in [0.25, 0.3) is 0 Å². The highest BCUT2D eigenvalue weighted by Crippen LogP contribution is 2.21. The third-order valence-corrected chi connectivity index (χ3v) is 16.0. The van der Waals surface area contributed by atoms with Crippen molar-refractivity contribution in [2.45, 2.75) is 387 Å². The summed E-state index contributed by atoms with van der Waals surface area (Å²) in [5, 5.41) is 0. The van der Waals surface area contributed by atoms with Crippen LogP contribution < -0.4 is 0 Å². The molecular formula is C68H133NO3. The molecule has 0 aromatic carbocycles. The smallest absolute Gasteiger partial charge is 0.306 e. The first-order valence-electron chi connectivity index (χ1n) is 33.7. The fraction of sp³-hybridized carbons (Fsp3) is 0.941. The van der Waals surface area contributed by atoms with Gasteiger partial charge in [0.05, 0.1) is 13.0 Å². The van der Waals surface area contributed by atoms with Crippen LogP contribution in [0.4, 0.5) is 0 Å². The highest BCUT2D eigenvalue weighted by atomic mass is 16.5. The highest BCUT2D eigenvalue weighted by Gasteiger charge is 2.26. The lowest BCUT2D eigenvalue weighted by atomic mass is 9.96. The number of carbonyl (C=O) groups excluding carboxylic acids is 2. The maximum absolute atomic E-state index is 14.2. The molecule has 0 radical (unpaired) electrons. The summed E-state index contributed by atoms with van der Waals surface area (Å²) in [5.74, 6) is -0.259. The summed E-state index contributed by atoms with van der Waals surface area (Å²) in [6.07, 6.45) is 78.5. The van der Waals surface area contributed by atoms with Crippen LogP contribution in [-0.2, 0) is 14.3 Å². The van der Waals surface area contributed by atoms with Crippen LogP contribution in [0.15, 0.2) is 12.2 Å². The van der Waals surface area contributed by atoms with Crippen LogP contribution in [0, 0.1) is 5.92 Å². The van der Waals surface area contributed by atoms with E-state index in [2.05, 4.69) is 44.7 Å². The highest BCUT2D eigenvalue weighted by molar-refractivity contribution is 5.83. The Morgan fingerprint density at radius 1 is 0.319 bits per heavy atom. The zero-order chi connectivity index (χ0) is 52.2. The van der Waals surface area contributed by atoms with Gasteiger partial charge in [-0.1, -0.05) is 348 Å². The number of rotatable bonds is 62. The molecule has 0 aromatic heterocycles. The Kier molecular flexibility index (Phi) is 61.1. The van der Waals surface area contributed by atoms with Crippen molar-refractivity contribution in [2.75, 3.05) is 19.7 Å². The van der Waals surface area contributed by atoms with Gasteiger partial charge in [-0.2, -0.15) is 0 Å². The number of ether oxygens (including phenoxy) is 1. The summed E-state index contributed by atoms with van der Waals surface area (Å²) < 4.78 is 5.73. The summed E-state index contributed by atoms with van der Waals surface area (Å²) >= 11 is 0. The van der Waals surface area contributed by atoms with Crippen LogP contribution in [0.25, 0.3) is 0 Å². The molecule has 0 saturated carbocycles. The standard InChI is InChI=1S/C68H133NO3/c1-5-9-13-17-21-22-23-24-25-26-27-28-29-30-31-32-33-34-35-36-37-38-39-40-41-42-43-44-45-46-47-48-49-50-51-52-53-57-61-66(65-67(70)72-64-60-56-20-16-12-8-4)68(71)69(62-58-54-18-14-10-6-2)63-59-55-19-15-11-7-3/h52-53,66H,5-51,54-65H2,1-4H3/b53-52+. The molecule has 0 fully saturated rings. The number of nitrogens with zero attached hydrogens (tertiary/aromatic N) is 1. The molecule has 0 bridgehead atoms. The Morgan fingerprint density at radius 2 is 0.569 bits per heavy atom. The van der Waals surface area contributed by atoms with E-state index in [1.54, 1.807) is 0 Å². The molecular weight excluding hydrogens is 879 g/mol. The van der Waals surface area contributed by atoms with Gasteiger partial charge in [-0.25, -0.2) is 0 Å². The molecule has 4 heteroatoms. The quantitative estimate of drug-likeness (QED) is 0.0346. The molecule has 428 valence electrons. The van der Waals surface area contributed by atoms with Gasteiger partial charge in [0.1, 0.15) is 0 Å². The van der Waals surface area contributed by atoms with E-state index in [1.165, 1.54) is 308 Å². The number of carbonyl (C=O) groups is 2. The average molecular weight is 1010 g/mol. The topological polar surface area (TPSA) is 46.6 Å². The summed E-state index contributed by atoms with van der Waals surface area (Å²) in [6, 6.07) is 0. The van der Waals surface area contributed by atoms with E-state index >= 15 is 0 Å². The van der Waals surface area contributed by atoms with E-state index in [1.807, 2.05) is 0 Å². The molecule has 4 nitrogen and oxygen atoms in total. The van der Waals surface area contributed by atoms with Crippen molar-refractivity contribution >= 4 is 11.9 Å². The summed E-state index contributed by atoms with van der Waals surface area (Å²) in [5.41, 5.74) is 0. The van der Waals surface area contributed by atoms with Crippen LogP contribution in [0.3, 0.4) is 0 Å². The maximum Gasteiger partial charge on any atom is 0.306 e. The molecule has 1 amide bonds. The summed E-state index contributed by atoms with van der Waals surface area (Å²) in [6.45, 7) is 11.2. The lowest BCUT2D eigenvalue weighted by Gasteiger charge is -2.27. The second-order valence-electron chi connectivity index (χ2n) is 23.3. The lowest BCUT2D eigenvalue weighted by Crippen LogP contribution is -2.38. The van der Waals surface area contributed by atoms with Crippen molar-refractivity contribution < 1.29 is 14.3 Å². The van der Waals surface area contributed by atoms with Crippen LogP contribution in [0.5, 0.6) is 0 Å². The largest absolute Gasteiger partial charge is 0.466 e. The molecule has 1 unspecified atom stereocenters. The van der Waals surface area contributed by atoms with Crippen molar-refractivity contribution in [3.8, 4) is 0 Å². The molecule has 0 rings (SSSR count). The monoisotopic (exact) mass is 1010 g/mol. The predicted molar refractivity (Wildman–Crippen MR) is 321 cm³/mol. The summed E-state index contributed by atoms with van der Waals surface area (Å²) in [4.78, 5) is 29.5. The number of amides is 1. The second kappa shape index (κ2) is 62.2. The van der Waals surface area contributed by atoms with E-state index in [9.17, 15) is 9.59 Å². The van der Waals surface area contributed by atoms with Gasteiger partial charge in [-0.15, -0.1) is 0 Å². The Hall–Kier alpha value is -1.32. The molecule has 0 aromatic rings. The lowest BCUT2D eigenvalue weighted by molar-refractivity contribution is -0.149. The van der Waals surface area contributed by atoms with Crippen molar-refractivity contribution in [1.29, 1.82) is 0 Å². The van der Waals surface area contributed by atoms with Gasteiger partial charge in [0.2, 0.25) is 5.91 Å². The first-order valence-corrected chi connectivity index (χ1v) is 33.7. The Morgan fingerprint density at radius 3 is 0.875 bits per heavy atom. The van der Waals surface area contributed by atoms with Crippen LogP contribution in [-0.4, -0.2) is 36.5 Å². The molecule has 0 spiro atoms. The first kappa shape index (κ1) is 70.7. The van der Waals surface area contributed by atoms with Crippen molar-refractivity contribution in [1.82, 2.24) is 4.90 Å². The van der Waals surface area contributed by atoms with Gasteiger partial charge in [0, 0.05) is 19.0 Å². The number of esters is 1. The van der Waals surface area contributed by atoms with Crippen LogP contribution >= 0.6 is 0 Å². The van der Waals surface area contributed by atoms with Gasteiger partial charge < -0.3 is 9.64 Å². The fourth-order valence-electron chi connectivity index (χ4n) is 10.9. The third-order valence-electron chi connectivity index (χ3n) is 16.0. The van der Waals surface area contributed by atoms with Crippen LogP contribution in [0.1, 0.15) is 387 Å². The minimum absolute atomic E-state index is 0.179. The number of allylic oxidation sites excluding steroid dienone is 2.